The molecule has 3 atom stereocenters. The zero-order chi connectivity index (χ0) is 13.2. The number of aryl methyl sites for hydroxylation is 1. The summed E-state index contributed by atoms with van der Waals surface area (Å²) in [4.78, 5) is 16.3. The molecule has 1 saturated carbocycles. The molecule has 1 aromatic heterocycles. The zero-order valence-electron chi connectivity index (χ0n) is 11.3. The number of anilines is 1. The normalized spacial score (nSPS) is 30.7. The van der Waals surface area contributed by atoms with Gasteiger partial charge in [0.2, 0.25) is 5.91 Å². The second kappa shape index (κ2) is 5.33. The molecule has 2 fully saturated rings. The molecule has 1 aliphatic carbocycles. The molecular weight excluding hydrogens is 242 g/mol. The summed E-state index contributed by atoms with van der Waals surface area (Å²) >= 11 is 0. The number of nitrogens with one attached hydrogen (secondary N) is 2. The van der Waals surface area contributed by atoms with Crippen LogP contribution in [0.15, 0.2) is 10.7 Å². The molecular formula is C14H21N3O2. The summed E-state index contributed by atoms with van der Waals surface area (Å²) < 4.78 is 5.16. The molecule has 2 N–H and O–H groups in total. The van der Waals surface area contributed by atoms with E-state index in [2.05, 4.69) is 15.6 Å². The molecule has 0 bridgehead atoms. The highest BCUT2D eigenvalue weighted by Crippen LogP contribution is 2.32. The number of nitrogens with zero attached hydrogens (tertiary/aromatic N) is 1. The second-order valence-corrected chi connectivity index (χ2v) is 5.73. The van der Waals surface area contributed by atoms with Gasteiger partial charge in [0, 0.05) is 6.04 Å². The minimum atomic E-state index is -0.105. The first-order valence-corrected chi connectivity index (χ1v) is 7.21. The highest BCUT2D eigenvalue weighted by atomic mass is 16.4. The molecule has 1 aliphatic heterocycles. The van der Waals surface area contributed by atoms with Gasteiger partial charge in [-0.05, 0) is 38.5 Å². The first-order chi connectivity index (χ1) is 9.22. The lowest BCUT2D eigenvalue weighted by atomic mass is 9.77. The molecule has 1 saturated heterocycles. The van der Waals surface area contributed by atoms with Crippen LogP contribution in [0, 0.1) is 12.8 Å². The van der Waals surface area contributed by atoms with Crippen molar-refractivity contribution in [2.24, 2.45) is 5.92 Å². The largest absolute Gasteiger partial charge is 0.432 e. The molecule has 2 aliphatic rings. The second-order valence-electron chi connectivity index (χ2n) is 5.73. The van der Waals surface area contributed by atoms with E-state index in [1.807, 2.05) is 6.92 Å². The molecule has 0 radical (unpaired) electrons. The third kappa shape index (κ3) is 2.81. The van der Waals surface area contributed by atoms with Gasteiger partial charge in [-0.1, -0.05) is 12.8 Å². The van der Waals surface area contributed by atoms with Gasteiger partial charge in [0.1, 0.15) is 6.26 Å². The van der Waals surface area contributed by atoms with E-state index in [0.717, 1.165) is 24.5 Å². The van der Waals surface area contributed by atoms with Crippen molar-refractivity contribution < 1.29 is 9.21 Å². The first-order valence-electron chi connectivity index (χ1n) is 7.21. The number of carbonyl (C=O) groups excluding carboxylic acids is 1. The minimum absolute atomic E-state index is 0.0223. The van der Waals surface area contributed by atoms with Crippen molar-refractivity contribution in [2.45, 2.75) is 57.5 Å². The van der Waals surface area contributed by atoms with E-state index in [4.69, 9.17) is 4.42 Å². The van der Waals surface area contributed by atoms with Crippen LogP contribution in [0.25, 0.3) is 0 Å². The Morgan fingerprint density at radius 2 is 2.21 bits per heavy atom. The summed E-state index contributed by atoms with van der Waals surface area (Å²) in [5, 5.41) is 6.25. The number of hydrogen-bond acceptors (Lipinski definition) is 4. The van der Waals surface area contributed by atoms with Crippen LogP contribution in [0.5, 0.6) is 0 Å². The maximum Gasteiger partial charge on any atom is 0.301 e. The van der Waals surface area contributed by atoms with E-state index in [1.54, 1.807) is 6.26 Å². The Morgan fingerprint density at radius 3 is 3.00 bits per heavy atom. The third-order valence-electron chi connectivity index (χ3n) is 4.32. The number of rotatable bonds is 2. The molecule has 0 aromatic carbocycles. The van der Waals surface area contributed by atoms with Gasteiger partial charge in [-0.15, -0.1) is 0 Å². The summed E-state index contributed by atoms with van der Waals surface area (Å²) in [6, 6.07) is 0.714. The Hall–Kier alpha value is -1.36. The van der Waals surface area contributed by atoms with Gasteiger partial charge >= 0.3 is 6.01 Å². The smallest absolute Gasteiger partial charge is 0.301 e. The van der Waals surface area contributed by atoms with E-state index in [-0.39, 0.29) is 11.9 Å². The molecule has 0 spiro atoms. The van der Waals surface area contributed by atoms with E-state index in [1.165, 1.54) is 25.7 Å². The SMILES string of the molecule is Cc1coc(NC(=O)C2CCC3CCCCC3N2)n1. The third-order valence-corrected chi connectivity index (χ3v) is 4.32. The summed E-state index contributed by atoms with van der Waals surface area (Å²) in [7, 11) is 0. The number of amides is 1. The Bertz CT molecular complexity index is 457. The Labute approximate surface area is 113 Å². The average Bonchev–Trinajstić information content (AvgIpc) is 2.83. The fraction of sp³-hybridized carbons (Fsp3) is 0.714. The maximum absolute atomic E-state index is 12.2. The molecule has 1 aromatic rings. The molecule has 3 rings (SSSR count). The summed E-state index contributed by atoms with van der Waals surface area (Å²) in [5.74, 6) is 0.743. The highest BCUT2D eigenvalue weighted by molar-refractivity contribution is 5.93. The lowest BCUT2D eigenvalue weighted by Crippen LogP contribution is -2.53. The van der Waals surface area contributed by atoms with Crippen LogP contribution in [0.3, 0.4) is 0 Å². The van der Waals surface area contributed by atoms with Gasteiger partial charge in [0.05, 0.1) is 11.7 Å². The van der Waals surface area contributed by atoms with E-state index in [0.29, 0.717) is 12.1 Å². The maximum atomic E-state index is 12.2. The van der Waals surface area contributed by atoms with E-state index < -0.39 is 0 Å². The van der Waals surface area contributed by atoms with Gasteiger partial charge < -0.3 is 9.73 Å². The van der Waals surface area contributed by atoms with Crippen LogP contribution in [0.4, 0.5) is 6.01 Å². The number of fused-ring (bicyclic) bond motifs is 1. The van der Waals surface area contributed by atoms with Crippen molar-refractivity contribution >= 4 is 11.9 Å². The summed E-state index contributed by atoms with van der Waals surface area (Å²) in [6.45, 7) is 1.84. The standard InChI is InChI=1S/C14H21N3O2/c1-9-8-19-14(15-9)17-13(18)12-7-6-10-4-2-3-5-11(10)16-12/h8,10-12,16H,2-7H2,1H3,(H,15,17,18). The summed E-state index contributed by atoms with van der Waals surface area (Å²) in [5.41, 5.74) is 0.777. The van der Waals surface area contributed by atoms with Crippen LogP contribution in [0.2, 0.25) is 0 Å². The number of carbonyl (C=O) groups is 1. The average molecular weight is 263 g/mol. The predicted octanol–water partition coefficient (Wildman–Crippen LogP) is 2.23. The van der Waals surface area contributed by atoms with Gasteiger partial charge in [-0.25, -0.2) is 0 Å². The van der Waals surface area contributed by atoms with Gasteiger partial charge in [-0.2, -0.15) is 4.98 Å². The van der Waals surface area contributed by atoms with Crippen LogP contribution in [0.1, 0.15) is 44.2 Å². The van der Waals surface area contributed by atoms with Crippen molar-refractivity contribution in [3.05, 3.63) is 12.0 Å². The Balaban J connectivity index is 1.58. The zero-order valence-corrected chi connectivity index (χ0v) is 11.3. The Kier molecular flexibility index (Phi) is 3.55. The van der Waals surface area contributed by atoms with E-state index in [9.17, 15) is 4.79 Å². The summed E-state index contributed by atoms with van der Waals surface area (Å²) in [6.07, 6.45) is 8.74. The molecule has 3 unspecified atom stereocenters. The van der Waals surface area contributed by atoms with Crippen LogP contribution in [-0.4, -0.2) is 23.0 Å². The molecule has 5 nitrogen and oxygen atoms in total. The fourth-order valence-corrected chi connectivity index (χ4v) is 3.31. The molecule has 2 heterocycles. The molecule has 1 amide bonds. The van der Waals surface area contributed by atoms with Gasteiger partial charge in [-0.3, -0.25) is 10.1 Å². The number of aromatic nitrogens is 1. The molecule has 104 valence electrons. The quantitative estimate of drug-likeness (QED) is 0.858. The lowest BCUT2D eigenvalue weighted by Gasteiger charge is -2.39. The van der Waals surface area contributed by atoms with E-state index >= 15 is 0 Å². The predicted molar refractivity (Wildman–Crippen MR) is 71.8 cm³/mol. The Morgan fingerprint density at radius 1 is 1.37 bits per heavy atom. The van der Waals surface area contributed by atoms with Crippen molar-refractivity contribution in [3.8, 4) is 0 Å². The monoisotopic (exact) mass is 263 g/mol. The molecule has 5 heteroatoms. The van der Waals surface area contributed by atoms with Crippen molar-refractivity contribution in [3.63, 3.8) is 0 Å². The molecule has 19 heavy (non-hydrogen) atoms. The number of hydrogen-bond donors (Lipinski definition) is 2. The van der Waals surface area contributed by atoms with Gasteiger partial charge in [0.15, 0.2) is 0 Å². The fourth-order valence-electron chi connectivity index (χ4n) is 3.31. The number of piperidine rings is 1. The lowest BCUT2D eigenvalue weighted by molar-refractivity contribution is -0.119. The topological polar surface area (TPSA) is 67.2 Å². The number of oxazole rings is 1. The van der Waals surface area contributed by atoms with Crippen LogP contribution in [-0.2, 0) is 4.79 Å². The van der Waals surface area contributed by atoms with Crippen LogP contribution >= 0.6 is 0 Å². The first kappa shape index (κ1) is 12.7. The van der Waals surface area contributed by atoms with Gasteiger partial charge in [0.25, 0.3) is 0 Å². The van der Waals surface area contributed by atoms with Crippen molar-refractivity contribution in [2.75, 3.05) is 5.32 Å². The highest BCUT2D eigenvalue weighted by Gasteiger charge is 2.34. The van der Waals surface area contributed by atoms with Crippen LogP contribution < -0.4 is 10.6 Å². The van der Waals surface area contributed by atoms with Crippen molar-refractivity contribution in [1.29, 1.82) is 0 Å². The minimum Gasteiger partial charge on any atom is -0.432 e. The van der Waals surface area contributed by atoms with Crippen molar-refractivity contribution in [1.82, 2.24) is 10.3 Å².